The van der Waals surface area contributed by atoms with E-state index in [0.717, 1.165) is 12.3 Å². The first-order chi connectivity index (χ1) is 13.3. The molecule has 0 radical (unpaired) electrons. The minimum atomic E-state index is -2.99. The Bertz CT molecular complexity index is 978. The molecular weight excluding hydrogens is 381 g/mol. The molecule has 2 aromatic rings. The Morgan fingerprint density at radius 3 is 2.71 bits per heavy atom. The number of aromatic nitrogens is 3. The highest BCUT2D eigenvalue weighted by molar-refractivity contribution is 5.88. The van der Waals surface area contributed by atoms with Gasteiger partial charge in [0, 0.05) is 24.7 Å². The van der Waals surface area contributed by atoms with E-state index in [1.807, 2.05) is 0 Å². The highest BCUT2D eigenvalue weighted by Crippen LogP contribution is 2.37. The van der Waals surface area contributed by atoms with Crippen LogP contribution in [0.25, 0.3) is 0 Å². The zero-order valence-corrected chi connectivity index (χ0v) is 14.2. The highest BCUT2D eigenvalue weighted by atomic mass is 19.2. The molecule has 1 saturated heterocycles. The van der Waals surface area contributed by atoms with E-state index in [1.54, 1.807) is 0 Å². The summed E-state index contributed by atoms with van der Waals surface area (Å²) < 4.78 is 25.1. The summed E-state index contributed by atoms with van der Waals surface area (Å²) in [4.78, 5) is 40.2. The Labute approximate surface area is 155 Å². The van der Waals surface area contributed by atoms with Gasteiger partial charge in [0.05, 0.1) is 5.56 Å². The van der Waals surface area contributed by atoms with Gasteiger partial charge in [-0.3, -0.25) is 14.3 Å². The van der Waals surface area contributed by atoms with Crippen LogP contribution < -0.4 is 11.2 Å². The molecule has 1 fully saturated rings. The van der Waals surface area contributed by atoms with Gasteiger partial charge < -0.3 is 24.8 Å². The van der Waals surface area contributed by atoms with Gasteiger partial charge >= 0.3 is 11.7 Å². The van der Waals surface area contributed by atoms with Crippen LogP contribution in [-0.4, -0.2) is 60.1 Å². The minimum absolute atomic E-state index is 0.0923. The predicted octanol–water partition coefficient (Wildman–Crippen LogP) is -1.87. The lowest BCUT2D eigenvalue weighted by atomic mass is 10.1. The molecule has 1 aliphatic heterocycles. The molecule has 0 unspecified atom stereocenters. The molecule has 3 N–H and O–H groups in total. The normalized spacial score (nSPS) is 26.9. The third-order valence-electron chi connectivity index (χ3n) is 4.18. The van der Waals surface area contributed by atoms with Gasteiger partial charge in [0.25, 0.3) is 11.4 Å². The number of nitrogens with zero attached hydrogens (tertiary/aromatic N) is 3. The Hall–Kier alpha value is -2.93. The molecule has 0 spiro atoms. The number of esters is 1. The van der Waals surface area contributed by atoms with Gasteiger partial charge in [-0.15, -0.1) is 0 Å². The summed E-state index contributed by atoms with van der Waals surface area (Å²) in [6.07, 6.45) is -2.16. The van der Waals surface area contributed by atoms with Crippen molar-refractivity contribution in [2.24, 2.45) is 0 Å². The van der Waals surface area contributed by atoms with Crippen LogP contribution >= 0.6 is 0 Å². The molecule has 0 saturated carbocycles. The minimum Gasteiger partial charge on any atom is -0.440 e. The molecule has 0 amide bonds. The highest BCUT2D eigenvalue weighted by Gasteiger charge is 2.56. The van der Waals surface area contributed by atoms with E-state index in [2.05, 4.69) is 4.98 Å². The predicted molar refractivity (Wildman–Crippen MR) is 87.7 cm³/mol. The average Bonchev–Trinajstić information content (AvgIpc) is 2.93. The summed E-state index contributed by atoms with van der Waals surface area (Å²) in [5.74, 6) is -3.83. The Morgan fingerprint density at radius 2 is 2.11 bits per heavy atom. The molecule has 3 heterocycles. The van der Waals surface area contributed by atoms with Crippen LogP contribution in [-0.2, 0) is 16.2 Å². The fourth-order valence-electron chi connectivity index (χ4n) is 2.64. The van der Waals surface area contributed by atoms with Gasteiger partial charge in [0.15, 0.2) is 13.0 Å². The lowest BCUT2D eigenvalue weighted by Crippen LogP contribution is -2.44. The van der Waals surface area contributed by atoms with Crippen molar-refractivity contribution in [3.63, 3.8) is 0 Å². The van der Waals surface area contributed by atoms with Gasteiger partial charge in [-0.25, -0.2) is 18.5 Å². The topological polar surface area (TPSA) is 153 Å². The Kier molecular flexibility index (Phi) is 5.38. The molecule has 3 rings (SSSR count). The van der Waals surface area contributed by atoms with Crippen LogP contribution in [0.1, 0.15) is 16.6 Å². The first kappa shape index (κ1) is 19.8. The van der Waals surface area contributed by atoms with Gasteiger partial charge in [-0.2, -0.15) is 0 Å². The molecular formula is C16H16FN3O8. The summed E-state index contributed by atoms with van der Waals surface area (Å²) in [5, 5.41) is 28.7. The van der Waals surface area contributed by atoms with Gasteiger partial charge in [0.2, 0.25) is 0 Å². The lowest BCUT2D eigenvalue weighted by molar-refractivity contribution is -0.207. The second-order valence-electron chi connectivity index (χ2n) is 5.96. The summed E-state index contributed by atoms with van der Waals surface area (Å²) >= 11 is 0. The third kappa shape index (κ3) is 3.45. The number of carbonyl (C=O) groups excluding carboxylic acids is 1. The smallest absolute Gasteiger partial charge is 0.341 e. The van der Waals surface area contributed by atoms with Crippen LogP contribution in [0.2, 0.25) is 0 Å². The Morgan fingerprint density at radius 1 is 1.36 bits per heavy atom. The second-order valence-corrected chi connectivity index (χ2v) is 5.96. The van der Waals surface area contributed by atoms with Crippen molar-refractivity contribution in [2.75, 3.05) is 6.61 Å². The first-order valence-electron chi connectivity index (χ1n) is 8.01. The average molecular weight is 397 g/mol. The summed E-state index contributed by atoms with van der Waals surface area (Å²) in [6.45, 7) is -2.03. The number of hydrogen-bond donors (Lipinski definition) is 3. The molecule has 0 bridgehead atoms. The molecule has 12 heteroatoms. The van der Waals surface area contributed by atoms with Crippen molar-refractivity contribution >= 4 is 5.97 Å². The van der Waals surface area contributed by atoms with E-state index < -0.39 is 54.8 Å². The molecule has 4 atom stereocenters. The summed E-state index contributed by atoms with van der Waals surface area (Å²) in [6, 6.07) is 3.81. The van der Waals surface area contributed by atoms with Gasteiger partial charge in [-0.05, 0) is 12.1 Å². The molecule has 2 aromatic heterocycles. The maximum Gasteiger partial charge on any atom is 0.341 e. The number of pyridine rings is 1. The largest absolute Gasteiger partial charge is 0.440 e. The number of aliphatic hydroxyl groups is 3. The zero-order valence-electron chi connectivity index (χ0n) is 14.2. The summed E-state index contributed by atoms with van der Waals surface area (Å²) in [7, 11) is 0. The molecule has 0 aliphatic carbocycles. The number of halogens is 1. The van der Waals surface area contributed by atoms with Crippen molar-refractivity contribution in [1.29, 1.82) is 0 Å². The molecule has 1 aliphatic rings. The number of aliphatic hydroxyl groups excluding tert-OH is 3. The van der Waals surface area contributed by atoms with Crippen molar-refractivity contribution in [3.8, 4) is 0 Å². The SMILES string of the molecule is O=C(OCn1c(=O)ccn([C@@H]2O[C@](F)(CO)[C@@H](O)[C@H]2O)c1=O)c1cccnc1. The van der Waals surface area contributed by atoms with E-state index in [4.69, 9.17) is 14.6 Å². The fourth-order valence-corrected chi connectivity index (χ4v) is 2.64. The summed E-state index contributed by atoms with van der Waals surface area (Å²) in [5.41, 5.74) is -1.83. The van der Waals surface area contributed by atoms with E-state index in [1.165, 1.54) is 24.5 Å². The van der Waals surface area contributed by atoms with Crippen LogP contribution in [0.4, 0.5) is 4.39 Å². The van der Waals surface area contributed by atoms with Crippen molar-refractivity contribution in [2.45, 2.75) is 31.0 Å². The monoisotopic (exact) mass is 397 g/mol. The van der Waals surface area contributed by atoms with E-state index in [0.29, 0.717) is 9.13 Å². The number of ether oxygens (including phenoxy) is 2. The van der Waals surface area contributed by atoms with E-state index >= 15 is 0 Å². The first-order valence-corrected chi connectivity index (χ1v) is 8.01. The second kappa shape index (κ2) is 7.59. The van der Waals surface area contributed by atoms with E-state index in [-0.39, 0.29) is 5.56 Å². The lowest BCUT2D eigenvalue weighted by Gasteiger charge is -2.20. The number of carbonyl (C=O) groups is 1. The maximum absolute atomic E-state index is 14.2. The van der Waals surface area contributed by atoms with Crippen molar-refractivity contribution in [1.82, 2.24) is 14.1 Å². The molecule has 28 heavy (non-hydrogen) atoms. The van der Waals surface area contributed by atoms with Crippen LogP contribution in [0, 0.1) is 0 Å². The maximum atomic E-state index is 14.2. The van der Waals surface area contributed by atoms with Crippen molar-refractivity contribution in [3.05, 3.63) is 63.2 Å². The fraction of sp³-hybridized carbons (Fsp3) is 0.375. The number of rotatable bonds is 5. The van der Waals surface area contributed by atoms with E-state index in [9.17, 15) is 29.0 Å². The molecule has 150 valence electrons. The van der Waals surface area contributed by atoms with Crippen molar-refractivity contribution < 1.29 is 34.0 Å². The van der Waals surface area contributed by atoms with Crippen LogP contribution in [0.15, 0.2) is 46.4 Å². The number of alkyl halides is 1. The zero-order chi connectivity index (χ0) is 20.5. The van der Waals surface area contributed by atoms with Gasteiger partial charge in [0.1, 0.15) is 18.8 Å². The number of hydrogen-bond acceptors (Lipinski definition) is 9. The molecule has 0 aromatic carbocycles. The molecule has 11 nitrogen and oxygen atoms in total. The quantitative estimate of drug-likeness (QED) is 0.492. The Balaban J connectivity index is 1.86. The third-order valence-corrected chi connectivity index (χ3v) is 4.18. The van der Waals surface area contributed by atoms with Crippen LogP contribution in [0.5, 0.6) is 0 Å². The van der Waals surface area contributed by atoms with Crippen LogP contribution in [0.3, 0.4) is 0 Å². The van der Waals surface area contributed by atoms with Gasteiger partial charge in [-0.1, -0.05) is 0 Å². The standard InChI is InChI=1S/C16H16FN3O8/c17-16(7-21)12(24)11(23)13(28-16)19-5-3-10(22)20(15(19)26)8-27-14(25)9-2-1-4-18-6-9/h1-6,11-13,21,23-24H,7-8H2/t11-,12+,13-,16-/m1/s1.